The number of hydrogen-bond donors (Lipinski definition) is 5. The number of hydroxylamine groups is 1. The van der Waals surface area contributed by atoms with Crippen LogP contribution in [0.15, 0.2) is 66.7 Å². The minimum absolute atomic E-state index is 0.385. The van der Waals surface area contributed by atoms with Crippen LogP contribution < -0.4 is 16.5 Å². The summed E-state index contributed by atoms with van der Waals surface area (Å²) in [4.78, 5) is 30.7. The van der Waals surface area contributed by atoms with Crippen molar-refractivity contribution in [3.8, 4) is 11.4 Å². The van der Waals surface area contributed by atoms with Gasteiger partial charge in [0.2, 0.25) is 0 Å². The summed E-state index contributed by atoms with van der Waals surface area (Å²) in [5, 5.41) is 12.0. The molecule has 2 amide bonds. The molecule has 4 rings (SSSR count). The number of H-pyrrole nitrogens is 1. The van der Waals surface area contributed by atoms with Crippen LogP contribution >= 0.6 is 0 Å². The summed E-state index contributed by atoms with van der Waals surface area (Å²) in [6, 6.07) is 19.9. The molecule has 0 unspecified atom stereocenters. The molecule has 0 bridgehead atoms. The summed E-state index contributed by atoms with van der Waals surface area (Å²) in [6.45, 7) is 0.576. The normalized spacial score (nSPS) is 10.7. The number of imidazole rings is 1. The molecule has 0 saturated heterocycles. The first-order chi connectivity index (χ1) is 14.5. The van der Waals surface area contributed by atoms with Crippen molar-refractivity contribution in [2.75, 3.05) is 5.32 Å². The van der Waals surface area contributed by atoms with Crippen molar-refractivity contribution >= 4 is 28.5 Å². The number of amides is 2. The number of carbonyl (C=O) groups excluding carboxylic acids is 2. The number of nitrogens with two attached hydrogens (primary N) is 1. The van der Waals surface area contributed by atoms with E-state index in [1.165, 1.54) is 0 Å². The molecule has 1 aromatic heterocycles. The molecular formula is C22H19N5O3. The predicted molar refractivity (Wildman–Crippen MR) is 113 cm³/mol. The highest BCUT2D eigenvalue weighted by atomic mass is 16.5. The number of nitrogens with zero attached hydrogens (tertiary/aromatic N) is 1. The number of hydrogen-bond acceptors (Lipinski definition) is 5. The third-order valence-electron chi connectivity index (χ3n) is 4.75. The van der Waals surface area contributed by atoms with E-state index in [1.807, 2.05) is 42.5 Å². The Balaban J connectivity index is 1.47. The third-order valence-corrected chi connectivity index (χ3v) is 4.75. The van der Waals surface area contributed by atoms with Crippen molar-refractivity contribution < 1.29 is 14.8 Å². The number of aromatic amines is 1. The lowest BCUT2D eigenvalue weighted by atomic mass is 10.1. The molecule has 0 aliphatic rings. The van der Waals surface area contributed by atoms with Gasteiger partial charge in [0, 0.05) is 23.4 Å². The first-order valence-corrected chi connectivity index (χ1v) is 9.21. The molecule has 0 aliphatic heterocycles. The van der Waals surface area contributed by atoms with Gasteiger partial charge in [0.15, 0.2) is 0 Å². The van der Waals surface area contributed by atoms with Crippen LogP contribution in [0, 0.1) is 0 Å². The maximum absolute atomic E-state index is 11.6. The Bertz CT molecular complexity index is 1210. The van der Waals surface area contributed by atoms with E-state index in [9.17, 15) is 9.59 Å². The number of para-hydroxylation sites is 1. The van der Waals surface area contributed by atoms with Crippen LogP contribution in [0.5, 0.6) is 0 Å². The smallest absolute Gasteiger partial charge is 0.274 e. The standard InChI is InChI=1S/C22H19N5O3/c23-20(28)17-2-1-3-18-19(17)26-21(25-18)14-8-10-16(11-9-14)24-12-13-4-6-15(7-5-13)22(29)27-30/h1-11,24,30H,12H2,(H2,23,28)(H,25,26)(H,27,29). The van der Waals surface area contributed by atoms with Gasteiger partial charge in [-0.3, -0.25) is 14.8 Å². The van der Waals surface area contributed by atoms with Gasteiger partial charge < -0.3 is 16.0 Å². The molecule has 30 heavy (non-hydrogen) atoms. The van der Waals surface area contributed by atoms with Crippen LogP contribution in [0.4, 0.5) is 5.69 Å². The molecular weight excluding hydrogens is 382 g/mol. The Morgan fingerprint density at radius 2 is 1.73 bits per heavy atom. The molecule has 0 saturated carbocycles. The van der Waals surface area contributed by atoms with Gasteiger partial charge in [-0.15, -0.1) is 0 Å². The van der Waals surface area contributed by atoms with E-state index in [0.717, 1.165) is 22.3 Å². The first-order valence-electron chi connectivity index (χ1n) is 9.21. The van der Waals surface area contributed by atoms with Gasteiger partial charge in [-0.05, 0) is 54.1 Å². The van der Waals surface area contributed by atoms with Crippen molar-refractivity contribution in [1.82, 2.24) is 15.4 Å². The fourth-order valence-electron chi connectivity index (χ4n) is 3.16. The van der Waals surface area contributed by atoms with Crippen molar-refractivity contribution in [2.24, 2.45) is 5.73 Å². The number of fused-ring (bicyclic) bond motifs is 1. The molecule has 1 heterocycles. The molecule has 0 aliphatic carbocycles. The zero-order chi connectivity index (χ0) is 21.1. The highest BCUT2D eigenvalue weighted by Gasteiger charge is 2.12. The molecule has 6 N–H and O–H groups in total. The Morgan fingerprint density at radius 1 is 1.00 bits per heavy atom. The van der Waals surface area contributed by atoms with Crippen LogP contribution in [0.25, 0.3) is 22.4 Å². The molecule has 3 aromatic carbocycles. The number of aromatic nitrogens is 2. The molecule has 0 spiro atoms. The Kier molecular flexibility index (Phi) is 5.15. The highest BCUT2D eigenvalue weighted by molar-refractivity contribution is 6.04. The van der Waals surface area contributed by atoms with E-state index in [1.54, 1.807) is 29.7 Å². The lowest BCUT2D eigenvalue weighted by Gasteiger charge is -2.08. The van der Waals surface area contributed by atoms with Crippen molar-refractivity contribution in [3.05, 3.63) is 83.4 Å². The zero-order valence-corrected chi connectivity index (χ0v) is 15.8. The van der Waals surface area contributed by atoms with Crippen LogP contribution in [-0.4, -0.2) is 27.0 Å². The maximum Gasteiger partial charge on any atom is 0.274 e. The fourth-order valence-corrected chi connectivity index (χ4v) is 3.16. The molecule has 8 heteroatoms. The number of nitrogens with one attached hydrogen (secondary N) is 3. The van der Waals surface area contributed by atoms with E-state index >= 15 is 0 Å². The second-order valence-corrected chi connectivity index (χ2v) is 6.72. The molecule has 0 fully saturated rings. The van der Waals surface area contributed by atoms with Gasteiger partial charge in [0.1, 0.15) is 11.3 Å². The average Bonchev–Trinajstić information content (AvgIpc) is 3.22. The minimum Gasteiger partial charge on any atom is -0.381 e. The largest absolute Gasteiger partial charge is 0.381 e. The average molecular weight is 401 g/mol. The molecule has 150 valence electrons. The van der Waals surface area contributed by atoms with Crippen LogP contribution in [0.2, 0.25) is 0 Å². The van der Waals surface area contributed by atoms with Crippen molar-refractivity contribution in [3.63, 3.8) is 0 Å². The van der Waals surface area contributed by atoms with E-state index < -0.39 is 11.8 Å². The Morgan fingerprint density at radius 3 is 2.40 bits per heavy atom. The zero-order valence-electron chi connectivity index (χ0n) is 15.8. The Hall–Kier alpha value is -4.17. The monoisotopic (exact) mass is 401 g/mol. The highest BCUT2D eigenvalue weighted by Crippen LogP contribution is 2.24. The van der Waals surface area contributed by atoms with Gasteiger partial charge in [0.05, 0.1) is 11.1 Å². The van der Waals surface area contributed by atoms with Crippen molar-refractivity contribution in [1.29, 1.82) is 0 Å². The van der Waals surface area contributed by atoms with Gasteiger partial charge in [-0.25, -0.2) is 10.5 Å². The first kappa shape index (κ1) is 19.2. The lowest BCUT2D eigenvalue weighted by molar-refractivity contribution is 0.0706. The van der Waals surface area contributed by atoms with Crippen LogP contribution in [0.1, 0.15) is 26.3 Å². The number of anilines is 1. The fraction of sp³-hybridized carbons (Fsp3) is 0.0455. The SMILES string of the molecule is NC(=O)c1cccc2[nH]c(-c3ccc(NCc4ccc(C(=O)NO)cc4)cc3)nc12. The van der Waals surface area contributed by atoms with Gasteiger partial charge in [-0.1, -0.05) is 18.2 Å². The van der Waals surface area contributed by atoms with E-state index in [2.05, 4.69) is 15.3 Å². The van der Waals surface area contributed by atoms with Crippen LogP contribution in [-0.2, 0) is 6.54 Å². The second-order valence-electron chi connectivity index (χ2n) is 6.72. The number of carbonyl (C=O) groups is 2. The quantitative estimate of drug-likeness (QED) is 0.250. The van der Waals surface area contributed by atoms with Gasteiger partial charge >= 0.3 is 0 Å². The topological polar surface area (TPSA) is 133 Å². The van der Waals surface area contributed by atoms with E-state index in [-0.39, 0.29) is 0 Å². The van der Waals surface area contributed by atoms with E-state index in [4.69, 9.17) is 10.9 Å². The molecule has 0 atom stereocenters. The summed E-state index contributed by atoms with van der Waals surface area (Å²) in [5.74, 6) is -0.398. The lowest BCUT2D eigenvalue weighted by Crippen LogP contribution is -2.18. The van der Waals surface area contributed by atoms with Crippen molar-refractivity contribution in [2.45, 2.75) is 6.54 Å². The summed E-state index contributed by atoms with van der Waals surface area (Å²) in [5.41, 5.74) is 11.9. The minimum atomic E-state index is -0.543. The summed E-state index contributed by atoms with van der Waals surface area (Å²) >= 11 is 0. The van der Waals surface area contributed by atoms with Crippen LogP contribution in [0.3, 0.4) is 0 Å². The molecule has 0 radical (unpaired) electrons. The summed E-state index contributed by atoms with van der Waals surface area (Å²) in [7, 11) is 0. The Labute approximate surface area is 171 Å². The number of rotatable bonds is 6. The number of primary amides is 1. The molecule has 4 aromatic rings. The molecule has 8 nitrogen and oxygen atoms in total. The maximum atomic E-state index is 11.6. The second kappa shape index (κ2) is 8.06. The van der Waals surface area contributed by atoms with Gasteiger partial charge in [-0.2, -0.15) is 0 Å². The number of benzene rings is 3. The predicted octanol–water partition coefficient (Wildman–Crippen LogP) is 3.06. The summed E-state index contributed by atoms with van der Waals surface area (Å²) < 4.78 is 0. The van der Waals surface area contributed by atoms with Gasteiger partial charge in [0.25, 0.3) is 11.8 Å². The summed E-state index contributed by atoms with van der Waals surface area (Å²) in [6.07, 6.45) is 0. The van der Waals surface area contributed by atoms with E-state index in [0.29, 0.717) is 29.0 Å². The third kappa shape index (κ3) is 3.85.